The number of carbonyl (C=O) groups excluding carboxylic acids is 2. The van der Waals surface area contributed by atoms with Crippen LogP contribution in [0.15, 0.2) is 0 Å². The van der Waals surface area contributed by atoms with Crippen molar-refractivity contribution in [2.45, 2.75) is 39.5 Å². The molecule has 1 atom stereocenters. The topological polar surface area (TPSA) is 46.2 Å². The molecule has 1 aliphatic rings. The van der Waals surface area contributed by atoms with Gasteiger partial charge in [-0.25, -0.2) is 0 Å². The quantitative estimate of drug-likeness (QED) is 0.700. The molecule has 0 aromatic heterocycles. The highest BCUT2D eigenvalue weighted by molar-refractivity contribution is 5.80. The first-order valence-electron chi connectivity index (χ1n) is 4.78. The molecule has 0 radical (unpaired) electrons. The molecule has 1 unspecified atom stereocenters. The summed E-state index contributed by atoms with van der Waals surface area (Å²) >= 11 is 0. The molecule has 1 aliphatic carbocycles. The van der Waals surface area contributed by atoms with Gasteiger partial charge in [0.05, 0.1) is 0 Å². The maximum Gasteiger partial charge on any atom is 0.216 e. The Morgan fingerprint density at radius 1 is 1.62 bits per heavy atom. The van der Waals surface area contributed by atoms with Crippen LogP contribution in [0.4, 0.5) is 0 Å². The van der Waals surface area contributed by atoms with Crippen LogP contribution in [0, 0.1) is 5.41 Å². The van der Waals surface area contributed by atoms with Gasteiger partial charge in [0.2, 0.25) is 5.91 Å². The first kappa shape index (κ1) is 10.2. The summed E-state index contributed by atoms with van der Waals surface area (Å²) in [5, 5.41) is 2.79. The zero-order chi connectivity index (χ0) is 9.90. The van der Waals surface area contributed by atoms with Crippen molar-refractivity contribution in [1.82, 2.24) is 5.32 Å². The molecule has 1 rings (SSSR count). The summed E-state index contributed by atoms with van der Waals surface area (Å²) in [5.41, 5.74) is 0.000995. The van der Waals surface area contributed by atoms with E-state index in [0.29, 0.717) is 18.7 Å². The summed E-state index contributed by atoms with van der Waals surface area (Å²) in [7, 11) is 0. The van der Waals surface area contributed by atoms with Crippen LogP contribution >= 0.6 is 0 Å². The molecule has 1 fully saturated rings. The van der Waals surface area contributed by atoms with Crippen molar-refractivity contribution in [3.63, 3.8) is 0 Å². The van der Waals surface area contributed by atoms with Crippen molar-refractivity contribution in [3.05, 3.63) is 0 Å². The highest BCUT2D eigenvalue weighted by Crippen LogP contribution is 2.32. The van der Waals surface area contributed by atoms with Gasteiger partial charge in [-0.1, -0.05) is 6.92 Å². The zero-order valence-electron chi connectivity index (χ0n) is 8.35. The van der Waals surface area contributed by atoms with E-state index in [1.807, 2.05) is 0 Å². The van der Waals surface area contributed by atoms with Gasteiger partial charge in [-0.05, 0) is 18.3 Å². The number of carbonyl (C=O) groups is 2. The minimum atomic E-state index is -0.0146. The number of amides is 1. The number of hydrogen-bond donors (Lipinski definition) is 1. The normalized spacial score (nSPS) is 28.6. The van der Waals surface area contributed by atoms with Crippen LogP contribution in [-0.2, 0) is 9.59 Å². The molecule has 0 aliphatic heterocycles. The average molecular weight is 183 g/mol. The Kier molecular flexibility index (Phi) is 3.07. The molecular weight excluding hydrogens is 166 g/mol. The second-order valence-electron chi connectivity index (χ2n) is 4.29. The maximum atomic E-state index is 11.2. The fraction of sp³-hybridized carbons (Fsp3) is 0.800. The van der Waals surface area contributed by atoms with Crippen LogP contribution in [-0.4, -0.2) is 18.2 Å². The molecule has 1 amide bonds. The lowest BCUT2D eigenvalue weighted by molar-refractivity contribution is -0.125. The summed E-state index contributed by atoms with van der Waals surface area (Å²) in [6.45, 7) is 4.21. The number of ketones is 1. The Morgan fingerprint density at radius 3 is 2.85 bits per heavy atom. The van der Waals surface area contributed by atoms with E-state index < -0.39 is 0 Å². The maximum absolute atomic E-state index is 11.2. The standard InChI is InChI=1S/C10H17NO2/c1-8(12)11-7-10(2)5-3-4-9(13)6-10/h3-7H2,1-2H3,(H,11,12). The van der Waals surface area contributed by atoms with Gasteiger partial charge in [-0.3, -0.25) is 9.59 Å². The molecule has 1 saturated carbocycles. The molecule has 1 N–H and O–H groups in total. The summed E-state index contributed by atoms with van der Waals surface area (Å²) < 4.78 is 0. The Morgan fingerprint density at radius 2 is 2.31 bits per heavy atom. The van der Waals surface area contributed by atoms with Gasteiger partial charge >= 0.3 is 0 Å². The highest BCUT2D eigenvalue weighted by Gasteiger charge is 2.30. The molecule has 0 aromatic carbocycles. The van der Waals surface area contributed by atoms with Crippen LogP contribution in [0.3, 0.4) is 0 Å². The Hall–Kier alpha value is -0.860. The molecule has 3 heteroatoms. The monoisotopic (exact) mass is 183 g/mol. The highest BCUT2D eigenvalue weighted by atomic mass is 16.1. The molecule has 74 valence electrons. The molecule has 0 aromatic rings. The predicted octanol–water partition coefficient (Wildman–Crippen LogP) is 1.27. The lowest BCUT2D eigenvalue weighted by atomic mass is 9.75. The fourth-order valence-electron chi connectivity index (χ4n) is 1.85. The second-order valence-corrected chi connectivity index (χ2v) is 4.29. The molecule has 13 heavy (non-hydrogen) atoms. The zero-order valence-corrected chi connectivity index (χ0v) is 8.35. The van der Waals surface area contributed by atoms with Crippen LogP contribution in [0.2, 0.25) is 0 Å². The van der Waals surface area contributed by atoms with E-state index in [2.05, 4.69) is 12.2 Å². The minimum Gasteiger partial charge on any atom is -0.356 e. The van der Waals surface area contributed by atoms with E-state index in [4.69, 9.17) is 0 Å². The third kappa shape index (κ3) is 3.17. The first-order valence-corrected chi connectivity index (χ1v) is 4.78. The largest absolute Gasteiger partial charge is 0.356 e. The number of rotatable bonds is 2. The number of nitrogens with one attached hydrogen (secondary N) is 1. The third-order valence-corrected chi connectivity index (χ3v) is 2.62. The molecule has 0 saturated heterocycles. The summed E-state index contributed by atoms with van der Waals surface area (Å²) in [4.78, 5) is 21.9. The summed E-state index contributed by atoms with van der Waals surface area (Å²) in [6.07, 6.45) is 3.34. The van der Waals surface area contributed by atoms with E-state index >= 15 is 0 Å². The lowest BCUT2D eigenvalue weighted by Crippen LogP contribution is -2.38. The van der Waals surface area contributed by atoms with Gasteiger partial charge < -0.3 is 5.32 Å². The number of hydrogen-bond acceptors (Lipinski definition) is 2. The smallest absolute Gasteiger partial charge is 0.216 e. The molecule has 0 spiro atoms. The Labute approximate surface area is 78.9 Å². The van der Waals surface area contributed by atoms with Crippen LogP contribution < -0.4 is 5.32 Å². The van der Waals surface area contributed by atoms with E-state index in [1.165, 1.54) is 6.92 Å². The van der Waals surface area contributed by atoms with E-state index in [9.17, 15) is 9.59 Å². The van der Waals surface area contributed by atoms with Gasteiger partial charge in [0.25, 0.3) is 0 Å². The average Bonchev–Trinajstić information content (AvgIpc) is 2.01. The van der Waals surface area contributed by atoms with Gasteiger partial charge in [0.15, 0.2) is 0 Å². The SMILES string of the molecule is CC(=O)NCC1(C)CCCC(=O)C1. The van der Waals surface area contributed by atoms with Gasteiger partial charge in [-0.15, -0.1) is 0 Å². The van der Waals surface area contributed by atoms with Crippen LogP contribution in [0.1, 0.15) is 39.5 Å². The molecule has 0 bridgehead atoms. The number of Topliss-reactive ketones (excluding diaryl/α,β-unsaturated/α-hetero) is 1. The van der Waals surface area contributed by atoms with E-state index in [-0.39, 0.29) is 11.3 Å². The van der Waals surface area contributed by atoms with Crippen LogP contribution in [0.5, 0.6) is 0 Å². The lowest BCUT2D eigenvalue weighted by Gasteiger charge is -2.32. The van der Waals surface area contributed by atoms with E-state index in [1.54, 1.807) is 0 Å². The first-order chi connectivity index (χ1) is 6.02. The summed E-state index contributed by atoms with van der Waals surface area (Å²) in [6, 6.07) is 0. The van der Waals surface area contributed by atoms with Gasteiger partial charge in [0, 0.05) is 26.3 Å². The van der Waals surface area contributed by atoms with E-state index in [0.717, 1.165) is 19.3 Å². The fourth-order valence-corrected chi connectivity index (χ4v) is 1.85. The Balaban J connectivity index is 2.44. The molecule has 3 nitrogen and oxygen atoms in total. The van der Waals surface area contributed by atoms with Crippen molar-refractivity contribution < 1.29 is 9.59 Å². The summed E-state index contributed by atoms with van der Waals surface area (Å²) in [5.74, 6) is 0.318. The van der Waals surface area contributed by atoms with Crippen LogP contribution in [0.25, 0.3) is 0 Å². The minimum absolute atomic E-state index is 0.000995. The molecular formula is C10H17NO2. The van der Waals surface area contributed by atoms with Crippen molar-refractivity contribution in [3.8, 4) is 0 Å². The second kappa shape index (κ2) is 3.90. The van der Waals surface area contributed by atoms with Gasteiger partial charge in [0.1, 0.15) is 5.78 Å². The third-order valence-electron chi connectivity index (χ3n) is 2.62. The van der Waals surface area contributed by atoms with Crippen molar-refractivity contribution in [1.29, 1.82) is 0 Å². The predicted molar refractivity (Wildman–Crippen MR) is 50.3 cm³/mol. The van der Waals surface area contributed by atoms with Crippen molar-refractivity contribution >= 4 is 11.7 Å². The van der Waals surface area contributed by atoms with Crippen molar-refractivity contribution in [2.24, 2.45) is 5.41 Å². The van der Waals surface area contributed by atoms with Crippen molar-refractivity contribution in [2.75, 3.05) is 6.54 Å². The molecule has 0 heterocycles. The Bertz CT molecular complexity index is 225. The van der Waals surface area contributed by atoms with Gasteiger partial charge in [-0.2, -0.15) is 0 Å².